The Morgan fingerprint density at radius 1 is 0.359 bits per heavy atom. The van der Waals surface area contributed by atoms with Gasteiger partial charge in [-0.25, -0.2) is 0 Å². The first kappa shape index (κ1) is 40.4. The largest absolute Gasteiger partial charge is 0.437 e. The number of aryl methyl sites for hydroxylation is 2. The van der Waals surface area contributed by atoms with Crippen molar-refractivity contribution in [2.75, 3.05) is 0 Å². The Morgan fingerprint density at radius 3 is 0.938 bits per heavy atom. The predicted octanol–water partition coefficient (Wildman–Crippen LogP) is 16.3. The maximum atomic E-state index is 6.80. The summed E-state index contributed by atoms with van der Waals surface area (Å²) < 4.78 is 18.2. The second-order valence-electron chi connectivity index (χ2n) is 22.5. The van der Waals surface area contributed by atoms with Gasteiger partial charge in [-0.3, -0.25) is 9.13 Å². The molecule has 0 fully saturated rings. The van der Waals surface area contributed by atoms with Crippen molar-refractivity contribution in [2.24, 2.45) is 0 Å². The molecule has 0 aliphatic heterocycles. The average Bonchev–Trinajstić information content (AvgIpc) is 3.98. The van der Waals surface area contributed by atoms with E-state index >= 15 is 0 Å². The lowest BCUT2D eigenvalue weighted by Crippen LogP contribution is -2.10. The first-order valence-electron chi connectivity index (χ1n) is 22.8. The van der Waals surface area contributed by atoms with Gasteiger partial charge >= 0.3 is 0 Å². The number of nitrogens with zero attached hydrogens (tertiary/aromatic N) is 4. The van der Waals surface area contributed by atoms with Crippen molar-refractivity contribution >= 4 is 87.7 Å². The molecule has 0 saturated heterocycles. The molecule has 11 aromatic rings. The summed E-state index contributed by atoms with van der Waals surface area (Å²) in [5, 5.41) is 9.03. The molecule has 0 aliphatic rings. The van der Waals surface area contributed by atoms with Gasteiger partial charge in [0.05, 0.1) is 22.1 Å². The molecule has 6 heterocycles. The van der Waals surface area contributed by atoms with Gasteiger partial charge in [0.1, 0.15) is 22.8 Å². The Hall–Kier alpha value is -6.40. The highest BCUT2D eigenvalue weighted by Gasteiger charge is 2.26. The molecule has 5 aromatic carbocycles. The molecular weight excluding hydrogens is 785 g/mol. The topological polar surface area (TPSA) is 61.9 Å². The van der Waals surface area contributed by atoms with Crippen molar-refractivity contribution in [2.45, 2.75) is 119 Å². The third kappa shape index (κ3) is 5.90. The summed E-state index contributed by atoms with van der Waals surface area (Å²) in [5.41, 5.74) is 14.7. The number of rotatable bonds is 2. The van der Waals surface area contributed by atoms with Gasteiger partial charge in [0.15, 0.2) is 0 Å². The molecule has 6 aromatic heterocycles. The second-order valence-corrected chi connectivity index (χ2v) is 22.5. The molecule has 0 radical (unpaired) electrons. The van der Waals surface area contributed by atoms with Crippen LogP contribution in [0.4, 0.5) is 0 Å². The fourth-order valence-electron chi connectivity index (χ4n) is 10.1. The van der Waals surface area contributed by atoms with E-state index in [0.29, 0.717) is 11.4 Å². The Morgan fingerprint density at radius 2 is 0.656 bits per heavy atom. The maximum absolute atomic E-state index is 6.80. The van der Waals surface area contributed by atoms with Crippen LogP contribution in [0.5, 0.6) is 0 Å². The fraction of sp³-hybridized carbons (Fsp3) is 0.310. The van der Waals surface area contributed by atoms with Crippen LogP contribution in [0.2, 0.25) is 0 Å². The third-order valence-electron chi connectivity index (χ3n) is 14.0. The summed E-state index contributed by atoms with van der Waals surface area (Å²) >= 11 is 0. The van der Waals surface area contributed by atoms with E-state index in [1.165, 1.54) is 43.8 Å². The fourth-order valence-corrected chi connectivity index (χ4v) is 10.1. The van der Waals surface area contributed by atoms with E-state index in [9.17, 15) is 0 Å². The number of aromatic nitrogens is 4. The van der Waals surface area contributed by atoms with Crippen LogP contribution in [0, 0.1) is 13.8 Å². The highest BCUT2D eigenvalue weighted by Crippen LogP contribution is 2.44. The number of benzene rings is 5. The van der Waals surface area contributed by atoms with Crippen LogP contribution < -0.4 is 0 Å². The number of pyridine rings is 2. The summed E-state index contributed by atoms with van der Waals surface area (Å²) in [4.78, 5) is 10.6. The summed E-state index contributed by atoms with van der Waals surface area (Å²) in [6, 6.07) is 36.3. The zero-order valence-corrected chi connectivity index (χ0v) is 39.8. The monoisotopic (exact) mass is 842 g/mol. The highest BCUT2D eigenvalue weighted by atomic mass is 16.4. The molecule has 0 aliphatic carbocycles. The van der Waals surface area contributed by atoms with Gasteiger partial charge in [0, 0.05) is 48.7 Å². The molecule has 322 valence electrons. The van der Waals surface area contributed by atoms with Crippen LogP contribution in [-0.2, 0) is 21.7 Å². The molecule has 0 amide bonds. The lowest BCUT2D eigenvalue weighted by atomic mass is 9.85. The molecular formula is C58H58N4O2. The second kappa shape index (κ2) is 13.1. The van der Waals surface area contributed by atoms with Gasteiger partial charge in [0.2, 0.25) is 11.4 Å². The Bertz CT molecular complexity index is 3390. The molecule has 0 spiro atoms. The predicted molar refractivity (Wildman–Crippen MR) is 270 cm³/mol. The number of furan rings is 2. The van der Waals surface area contributed by atoms with E-state index in [1.54, 1.807) is 0 Å². The average molecular weight is 843 g/mol. The van der Waals surface area contributed by atoms with Gasteiger partial charge in [-0.05, 0) is 136 Å². The van der Waals surface area contributed by atoms with Crippen molar-refractivity contribution in [3.63, 3.8) is 0 Å². The number of hydrogen-bond acceptors (Lipinski definition) is 4. The smallest absolute Gasteiger partial charge is 0.229 e. The summed E-state index contributed by atoms with van der Waals surface area (Å²) in [6.07, 6.45) is 0. The zero-order chi connectivity index (χ0) is 45.2. The molecule has 0 unspecified atom stereocenters. The summed E-state index contributed by atoms with van der Waals surface area (Å²) in [7, 11) is 0. The molecule has 6 nitrogen and oxygen atoms in total. The molecule has 11 rings (SSSR count). The first-order valence-corrected chi connectivity index (χ1v) is 22.8. The Kier molecular flexibility index (Phi) is 8.26. The van der Waals surface area contributed by atoms with Crippen LogP contribution in [-0.4, -0.2) is 19.1 Å². The molecule has 0 saturated carbocycles. The first-order chi connectivity index (χ1) is 30.1. The van der Waals surface area contributed by atoms with Crippen molar-refractivity contribution in [3.8, 4) is 11.6 Å². The standard InChI is InChI=1S/C58H58N4O2/c1-31-49-37-19-25-47(61-43-21-15-33(55(3,4)5)27-39(43)40-28-34(56(6,7)8)16-22-44(40)61)59-53(37)63-51(49)32(2)52-50(31)38-20-26-48(60-54(38)64-52)62-45-23-17-35(57(9,10)11)29-41(45)42-30-36(58(12,13)14)18-24-46(42)62/h15-30H,1-14H3. The van der Waals surface area contributed by atoms with E-state index in [4.69, 9.17) is 18.8 Å². The van der Waals surface area contributed by atoms with Crippen LogP contribution >= 0.6 is 0 Å². The lowest BCUT2D eigenvalue weighted by Gasteiger charge is -2.19. The van der Waals surface area contributed by atoms with E-state index in [0.717, 1.165) is 77.5 Å². The van der Waals surface area contributed by atoms with E-state index in [1.807, 2.05) is 0 Å². The Balaban J connectivity index is 1.08. The van der Waals surface area contributed by atoms with Crippen LogP contribution in [0.25, 0.3) is 99.4 Å². The minimum Gasteiger partial charge on any atom is -0.437 e. The highest BCUT2D eigenvalue weighted by molar-refractivity contribution is 6.19. The minimum absolute atomic E-state index is 0.0220. The van der Waals surface area contributed by atoms with E-state index in [2.05, 4.69) is 203 Å². The Labute approximate surface area is 374 Å². The number of fused-ring (bicyclic) bond motifs is 12. The van der Waals surface area contributed by atoms with Crippen LogP contribution in [0.1, 0.15) is 116 Å². The van der Waals surface area contributed by atoms with Gasteiger partial charge in [-0.1, -0.05) is 107 Å². The van der Waals surface area contributed by atoms with E-state index < -0.39 is 0 Å². The quantitative estimate of drug-likeness (QED) is 0.174. The molecule has 64 heavy (non-hydrogen) atoms. The van der Waals surface area contributed by atoms with Gasteiger partial charge in [-0.15, -0.1) is 0 Å². The van der Waals surface area contributed by atoms with Crippen molar-refractivity contribution in [1.29, 1.82) is 0 Å². The maximum Gasteiger partial charge on any atom is 0.229 e. The van der Waals surface area contributed by atoms with Crippen molar-refractivity contribution < 1.29 is 8.83 Å². The molecule has 0 N–H and O–H groups in total. The van der Waals surface area contributed by atoms with Crippen LogP contribution in [0.15, 0.2) is 106 Å². The van der Waals surface area contributed by atoms with Crippen molar-refractivity contribution in [1.82, 2.24) is 19.1 Å². The third-order valence-corrected chi connectivity index (χ3v) is 14.0. The van der Waals surface area contributed by atoms with E-state index in [-0.39, 0.29) is 21.7 Å². The molecule has 0 atom stereocenters. The van der Waals surface area contributed by atoms with Gasteiger partial charge in [0.25, 0.3) is 0 Å². The number of hydrogen-bond donors (Lipinski definition) is 0. The van der Waals surface area contributed by atoms with Gasteiger partial charge in [-0.2, -0.15) is 9.97 Å². The summed E-state index contributed by atoms with van der Waals surface area (Å²) in [6.45, 7) is 31.6. The van der Waals surface area contributed by atoms with Crippen molar-refractivity contribution in [3.05, 3.63) is 130 Å². The van der Waals surface area contributed by atoms with Gasteiger partial charge < -0.3 is 8.83 Å². The SMILES string of the molecule is Cc1c2oc3nc(-n4c5ccc(C(C)(C)C)cc5c5cc(C(C)(C)C)ccc54)ccc3c2c(C)c2c1oc1nc(-n3c4ccc(C(C)(C)C)cc4c4cc(C(C)(C)C)ccc43)ccc12. The lowest BCUT2D eigenvalue weighted by molar-refractivity contribution is 0.590. The zero-order valence-electron chi connectivity index (χ0n) is 39.8. The molecule has 0 bridgehead atoms. The minimum atomic E-state index is 0.0220. The summed E-state index contributed by atoms with van der Waals surface area (Å²) in [5.74, 6) is 1.66. The normalized spacial score (nSPS) is 13.5. The molecule has 6 heteroatoms. The van der Waals surface area contributed by atoms with Crippen LogP contribution in [0.3, 0.4) is 0 Å².